The minimum Gasteiger partial charge on any atom is -0.460 e. The quantitative estimate of drug-likeness (QED) is 0.0531. The Morgan fingerprint density at radius 1 is 0.551 bits per heavy atom. The summed E-state index contributed by atoms with van der Waals surface area (Å²) in [7, 11) is -7.84. The van der Waals surface area contributed by atoms with E-state index in [4.69, 9.17) is 40.8 Å². The van der Waals surface area contributed by atoms with Crippen molar-refractivity contribution < 1.29 is 74.5 Å². The highest BCUT2D eigenvalue weighted by atomic mass is 35.5. The Hall–Kier alpha value is -9.27. The molecule has 4 saturated carbocycles. The molecule has 6 aromatic rings. The van der Waals surface area contributed by atoms with Gasteiger partial charge in [-0.3, -0.25) is 62.3 Å². The van der Waals surface area contributed by atoms with Crippen molar-refractivity contribution in [3.63, 3.8) is 0 Å². The Morgan fingerprint density at radius 2 is 0.976 bits per heavy atom. The Labute approximate surface area is 750 Å². The van der Waals surface area contributed by atoms with E-state index < -0.39 is 111 Å². The van der Waals surface area contributed by atoms with Gasteiger partial charge in [-0.25, -0.2) is 31.8 Å². The third-order valence-electron chi connectivity index (χ3n) is 26.9. The fourth-order valence-corrected chi connectivity index (χ4v) is 22.0. The van der Waals surface area contributed by atoms with Crippen LogP contribution in [0.25, 0.3) is 44.6 Å². The number of benzene rings is 2. The molecule has 0 unspecified atom stereocenters. The highest BCUT2D eigenvalue weighted by Gasteiger charge is 2.65. The lowest BCUT2D eigenvalue weighted by Gasteiger charge is -2.29. The van der Waals surface area contributed by atoms with Crippen LogP contribution in [0.2, 0.25) is 5.28 Å². The number of ketones is 2. The zero-order valence-corrected chi connectivity index (χ0v) is 78.0. The number of ether oxygens (including phenoxy) is 3. The molecule has 16 rings (SSSR count). The van der Waals surface area contributed by atoms with Gasteiger partial charge >= 0.3 is 11.9 Å². The molecule has 688 valence electrons. The zero-order valence-electron chi connectivity index (χ0n) is 75.6. The topological polar surface area (TPSA) is 377 Å². The summed E-state index contributed by atoms with van der Waals surface area (Å²) >= 11 is 6.36. The average molecular weight is 1810 g/mol. The fraction of sp³-hybridized carbons (Fsp3) is 0.638. The maximum absolute atomic E-state index is 14.9. The standard InChI is InChI=1S/C47H63N7O8S.C29H44N2O8S.C18H20ClN5/c1-30(2)54-36-18-14-17-34(35-27-48-28-39(49-35)52-21-12-13-22-52)41(36)50-44(54)61-33-24-37-38(55)26-47(43(58)51-63(59,60)46(6)19-20-46)25-32(47)16-11-9-7-8-10-15-31(42(57)53(37)29-33)23-40(56)62-45(3,4)5;1-27(2,3)39-24(34)14-19-10-8-6-5-7-9-11-20-16-29(20,26(36)30-40(37,38)28(4)12-13-28)17-23(33)22-15-21(32)18-31(22)25(19)35;1-12(2)24-15-7-5-6-13(17(15)22-18(24)19)14-10-20-11-16(21-14)23-8-3-4-9-23/h11,14,16-18,27-28,30-33,37H,7-10,12-13,15,19-26,29H2,1-6H3,(H,51,58);9,11,19-22,32H,5-8,10,12-18H2,1-4H3,(H,30,36);5-7,10-12H,3-4,8-9H2,1-2H3/b16-11-;11-9-;/t31-,32-,33-,37+,47-;19-,20-,21-,22+,29-;/m11./s1. The second-order valence-electron chi connectivity index (χ2n) is 39.9. The first-order valence-corrected chi connectivity index (χ1v) is 49.2. The van der Waals surface area contributed by atoms with Gasteiger partial charge in [-0.2, -0.15) is 4.98 Å². The van der Waals surface area contributed by atoms with Crippen molar-refractivity contribution in [1.29, 1.82) is 0 Å². The van der Waals surface area contributed by atoms with Crippen molar-refractivity contribution in [2.24, 2.45) is 34.5 Å². The number of carbonyl (C=O) groups is 8. The number of nitrogens with one attached hydrogen (secondary N) is 2. The molecule has 8 fully saturated rings. The van der Waals surface area contributed by atoms with Gasteiger partial charge in [0.2, 0.25) is 49.0 Å². The lowest BCUT2D eigenvalue weighted by Crippen LogP contribution is -2.47. The summed E-state index contributed by atoms with van der Waals surface area (Å²) in [6.45, 7) is 26.1. The molecule has 2 aromatic carbocycles. The predicted molar refractivity (Wildman–Crippen MR) is 483 cm³/mol. The number of sulfonamides is 2. The molecule has 3 N–H and O–H groups in total. The molecule has 4 saturated heterocycles. The third kappa shape index (κ3) is 21.3. The van der Waals surface area contributed by atoms with Crippen LogP contribution in [0.4, 0.5) is 11.6 Å². The van der Waals surface area contributed by atoms with Crippen LogP contribution in [-0.4, -0.2) is 202 Å². The number of imidazole rings is 2. The number of fused-ring (bicyclic) bond motifs is 6. The number of rotatable bonds is 18. The number of hydrogen-bond acceptors (Lipinski definition) is 24. The summed E-state index contributed by atoms with van der Waals surface area (Å²) in [4.78, 5) is 146. The van der Waals surface area contributed by atoms with Crippen LogP contribution >= 0.6 is 11.6 Å². The maximum Gasteiger partial charge on any atom is 0.307 e. The minimum atomic E-state index is -3.96. The molecule has 30 nitrogen and oxygen atoms in total. The van der Waals surface area contributed by atoms with E-state index in [0.717, 1.165) is 123 Å². The first-order chi connectivity index (χ1) is 60.1. The molecule has 10 heterocycles. The van der Waals surface area contributed by atoms with Gasteiger partial charge in [0.1, 0.15) is 34.5 Å². The van der Waals surface area contributed by atoms with Gasteiger partial charge in [0.15, 0.2) is 11.6 Å². The number of nitrogens with zero attached hydrogens (tertiary/aromatic N) is 12. The van der Waals surface area contributed by atoms with Crippen LogP contribution < -0.4 is 24.0 Å². The number of aliphatic hydroxyl groups excluding tert-OH is 1. The number of aliphatic hydroxyl groups is 1. The highest BCUT2D eigenvalue weighted by Crippen LogP contribution is 2.59. The van der Waals surface area contributed by atoms with E-state index in [9.17, 15) is 60.3 Å². The molecule has 33 heteroatoms. The average Bonchev–Trinajstić information content (AvgIpc) is 1.57. The predicted octanol–water partition coefficient (Wildman–Crippen LogP) is 14.0. The summed E-state index contributed by atoms with van der Waals surface area (Å²) in [5.74, 6) is -4.05. The first-order valence-electron chi connectivity index (χ1n) is 45.8. The van der Waals surface area contributed by atoms with Crippen molar-refractivity contribution in [2.45, 2.75) is 307 Å². The lowest BCUT2D eigenvalue weighted by atomic mass is 9.90. The summed E-state index contributed by atoms with van der Waals surface area (Å²) in [5.41, 5.74) is 2.81. The molecule has 127 heavy (non-hydrogen) atoms. The van der Waals surface area contributed by atoms with Crippen molar-refractivity contribution in [3.05, 3.63) is 90.8 Å². The number of hydrogen-bond donors (Lipinski definition) is 3. The molecule has 4 aliphatic carbocycles. The normalized spacial score (nSPS) is 26.8. The molecule has 0 spiro atoms. The molecule has 10 atom stereocenters. The smallest absolute Gasteiger partial charge is 0.307 e. The Kier molecular flexibility index (Phi) is 27.8. The molecule has 0 bridgehead atoms. The van der Waals surface area contributed by atoms with Crippen LogP contribution in [0.15, 0.2) is 85.5 Å². The Morgan fingerprint density at radius 3 is 1.41 bits per heavy atom. The minimum absolute atomic E-state index is 0.0324. The van der Waals surface area contributed by atoms with Gasteiger partial charge in [0.05, 0.1) is 111 Å². The van der Waals surface area contributed by atoms with Crippen molar-refractivity contribution in [1.82, 2.24) is 58.3 Å². The number of allylic oxidation sites excluding steroid dienone is 4. The number of amides is 4. The van der Waals surface area contributed by atoms with Crippen molar-refractivity contribution in [2.75, 3.05) is 49.1 Å². The zero-order chi connectivity index (χ0) is 91.1. The Bertz CT molecular complexity index is 5440. The van der Waals surface area contributed by atoms with Gasteiger partial charge in [-0.05, 0) is 221 Å². The second-order valence-corrected chi connectivity index (χ2v) is 44.7. The third-order valence-corrected chi connectivity index (χ3v) is 31.5. The largest absolute Gasteiger partial charge is 0.460 e. The van der Waals surface area contributed by atoms with Gasteiger partial charge in [0.25, 0.3) is 6.01 Å². The lowest BCUT2D eigenvalue weighted by molar-refractivity contribution is -0.159. The number of carbonyl (C=O) groups excluding carboxylic acids is 8. The van der Waals surface area contributed by atoms with Gasteiger partial charge in [-0.15, -0.1) is 0 Å². The van der Waals surface area contributed by atoms with E-state index in [2.05, 4.69) is 54.1 Å². The van der Waals surface area contributed by atoms with E-state index in [1.54, 1.807) is 74.0 Å². The van der Waals surface area contributed by atoms with Gasteiger partial charge in [0, 0.05) is 93.5 Å². The highest BCUT2D eigenvalue weighted by molar-refractivity contribution is 7.92. The number of halogens is 1. The van der Waals surface area contributed by atoms with E-state index >= 15 is 0 Å². The van der Waals surface area contributed by atoms with Crippen LogP contribution in [-0.2, 0) is 67.9 Å². The molecule has 0 radical (unpaired) electrons. The van der Waals surface area contributed by atoms with Crippen LogP contribution in [0.5, 0.6) is 6.01 Å². The first kappa shape index (κ1) is 93.9. The van der Waals surface area contributed by atoms with Crippen molar-refractivity contribution in [3.8, 4) is 28.5 Å². The number of aromatic nitrogens is 8. The van der Waals surface area contributed by atoms with Crippen LogP contribution in [0, 0.1) is 34.5 Å². The van der Waals surface area contributed by atoms with Gasteiger partial charge < -0.3 is 43.5 Å². The molecule has 4 aromatic heterocycles. The molecule has 10 aliphatic rings. The Balaban J connectivity index is 0.000000173. The van der Waals surface area contributed by atoms with E-state index in [-0.39, 0.29) is 98.9 Å². The van der Waals surface area contributed by atoms with Gasteiger partial charge in [-0.1, -0.05) is 74.3 Å². The SMILES string of the molecule is CC(C)(C)OC(=O)C[C@H]1CCCCC/C=C\[C@@H]2C[C@@]2(C(=O)NS(=O)(=O)C2(C)CC2)CC(=O)[C@@H]2C[C@@H](O)CN2C1=O.CC(C)n1c(Cl)nc2c(-c3cncc(N4CCCC4)n3)cccc21.CC(C)n1c(O[C@@H]2C[C@H]3C(=O)C[C@]4(C(=O)NS(=O)(=O)C5(C)CC5)C[C@H]4/C=C\CCCCC[C@H](CC(=O)OC(C)(C)C)C(=O)N3C2)nc2c(-c3cncc(N4CCCC4)n3)cccc21. The number of anilines is 2. The summed E-state index contributed by atoms with van der Waals surface area (Å²) in [6, 6.07) is 10.6. The summed E-state index contributed by atoms with van der Waals surface area (Å²) in [6.07, 6.45) is 27.2. The van der Waals surface area contributed by atoms with E-state index in [0.29, 0.717) is 86.7 Å². The molecular formula is C94H127ClN14O16S2. The molecular weight excluding hydrogens is 1680 g/mol. The van der Waals surface area contributed by atoms with Crippen LogP contribution in [0.3, 0.4) is 0 Å². The van der Waals surface area contributed by atoms with E-state index in [1.165, 1.54) is 22.6 Å². The van der Waals surface area contributed by atoms with Crippen LogP contribution in [0.1, 0.15) is 262 Å². The fourth-order valence-electron chi connectivity index (χ4n) is 18.9. The summed E-state index contributed by atoms with van der Waals surface area (Å²) in [5, 5.41) is 11.0. The van der Waals surface area contributed by atoms with Crippen molar-refractivity contribution >= 4 is 112 Å². The number of esters is 2. The summed E-state index contributed by atoms with van der Waals surface area (Å²) < 4.78 is 76.9. The maximum atomic E-state index is 14.9. The molecule has 4 amide bonds. The second kappa shape index (κ2) is 37.7. The van der Waals surface area contributed by atoms with E-state index in [1.807, 2.05) is 83.8 Å². The monoisotopic (exact) mass is 1810 g/mol. The molecule has 6 aliphatic heterocycles. The number of Topliss-reactive ketones (excluding diaryl/α,β-unsaturated/α-hetero) is 2. The number of para-hydroxylation sites is 2.